The molecule has 2 N–H and O–H groups in total. The molecular formula is C22H20ClNO4S. The molecule has 0 aromatic heterocycles. The molecule has 0 bridgehead atoms. The maximum Gasteiger partial charge on any atom is 0.337 e. The maximum absolute atomic E-state index is 13.1. The summed E-state index contributed by atoms with van der Waals surface area (Å²) in [5.74, 6) is -1.21. The molecular weight excluding hydrogens is 410 g/mol. The fourth-order valence-electron chi connectivity index (χ4n) is 3.19. The van der Waals surface area contributed by atoms with Crippen LogP contribution in [-0.2, 0) is 10.0 Å². The van der Waals surface area contributed by atoms with E-state index < -0.39 is 16.0 Å². The molecule has 3 aromatic rings. The van der Waals surface area contributed by atoms with Gasteiger partial charge in [0, 0.05) is 5.02 Å². The molecule has 0 spiro atoms. The van der Waals surface area contributed by atoms with Crippen molar-refractivity contribution in [3.63, 3.8) is 0 Å². The Morgan fingerprint density at radius 1 is 0.966 bits per heavy atom. The highest BCUT2D eigenvalue weighted by Crippen LogP contribution is 2.34. The minimum absolute atomic E-state index is 0.0471. The molecule has 0 unspecified atom stereocenters. The third kappa shape index (κ3) is 4.13. The standard InChI is InChI=1S/C22H20ClNO4S/c1-13-12-20(14(2)11-19(13)23)29(27,28)24-21-15(3)17(9-10-18(21)22(25)26)16-7-5-4-6-8-16/h4-12,24H,1-3H3,(H,25,26). The van der Waals surface area contributed by atoms with Crippen LogP contribution >= 0.6 is 11.6 Å². The van der Waals surface area contributed by atoms with E-state index in [2.05, 4.69) is 4.72 Å². The zero-order chi connectivity index (χ0) is 21.3. The van der Waals surface area contributed by atoms with Crippen LogP contribution in [0.15, 0.2) is 59.5 Å². The molecule has 3 aromatic carbocycles. The molecule has 0 saturated heterocycles. The van der Waals surface area contributed by atoms with Gasteiger partial charge in [-0.1, -0.05) is 48.0 Å². The number of halogens is 1. The highest BCUT2D eigenvalue weighted by Gasteiger charge is 2.24. The summed E-state index contributed by atoms with van der Waals surface area (Å²) in [4.78, 5) is 11.8. The van der Waals surface area contributed by atoms with E-state index in [1.54, 1.807) is 32.9 Å². The van der Waals surface area contributed by atoms with Crippen molar-refractivity contribution >= 4 is 33.3 Å². The van der Waals surface area contributed by atoms with E-state index in [1.807, 2.05) is 30.3 Å². The molecule has 0 aliphatic rings. The van der Waals surface area contributed by atoms with Gasteiger partial charge >= 0.3 is 5.97 Å². The Bertz CT molecular complexity index is 1210. The molecule has 0 amide bonds. The van der Waals surface area contributed by atoms with Crippen molar-refractivity contribution < 1.29 is 18.3 Å². The Morgan fingerprint density at radius 3 is 2.24 bits per heavy atom. The Balaban J connectivity index is 2.17. The smallest absolute Gasteiger partial charge is 0.337 e. The summed E-state index contributed by atoms with van der Waals surface area (Å²) in [6.45, 7) is 5.06. The van der Waals surface area contributed by atoms with Crippen LogP contribution in [0.4, 0.5) is 5.69 Å². The van der Waals surface area contributed by atoms with Crippen LogP contribution in [0.2, 0.25) is 5.02 Å². The number of rotatable bonds is 5. The summed E-state index contributed by atoms with van der Waals surface area (Å²) in [7, 11) is -4.03. The fraction of sp³-hybridized carbons (Fsp3) is 0.136. The average Bonchev–Trinajstić information content (AvgIpc) is 2.66. The SMILES string of the molecule is Cc1cc(S(=O)(=O)Nc2c(C(=O)O)ccc(-c3ccccc3)c2C)c(C)cc1Cl. The second-order valence-corrected chi connectivity index (χ2v) is 8.86. The van der Waals surface area contributed by atoms with E-state index in [1.165, 1.54) is 12.1 Å². The molecule has 5 nitrogen and oxygen atoms in total. The average molecular weight is 430 g/mol. The molecule has 0 aliphatic heterocycles. The van der Waals surface area contributed by atoms with Gasteiger partial charge in [0.1, 0.15) is 0 Å². The van der Waals surface area contributed by atoms with Gasteiger partial charge < -0.3 is 5.11 Å². The lowest BCUT2D eigenvalue weighted by Crippen LogP contribution is -2.18. The van der Waals surface area contributed by atoms with Crippen molar-refractivity contribution in [1.82, 2.24) is 0 Å². The second kappa shape index (κ2) is 7.89. The number of hydrogen-bond donors (Lipinski definition) is 2. The van der Waals surface area contributed by atoms with Gasteiger partial charge in [-0.2, -0.15) is 0 Å². The van der Waals surface area contributed by atoms with E-state index in [9.17, 15) is 18.3 Å². The van der Waals surface area contributed by atoms with Crippen LogP contribution in [0.1, 0.15) is 27.0 Å². The first-order valence-corrected chi connectivity index (χ1v) is 10.7. The molecule has 7 heteroatoms. The summed E-state index contributed by atoms with van der Waals surface area (Å²) in [5, 5.41) is 10.1. The van der Waals surface area contributed by atoms with Gasteiger partial charge in [-0.15, -0.1) is 0 Å². The first kappa shape index (κ1) is 20.9. The number of carbonyl (C=O) groups is 1. The highest BCUT2D eigenvalue weighted by atomic mass is 35.5. The van der Waals surface area contributed by atoms with Crippen LogP contribution in [0.5, 0.6) is 0 Å². The van der Waals surface area contributed by atoms with Gasteiger partial charge in [-0.05, 0) is 66.8 Å². The van der Waals surface area contributed by atoms with Crippen molar-refractivity contribution in [3.8, 4) is 11.1 Å². The molecule has 0 saturated carbocycles. The first-order valence-electron chi connectivity index (χ1n) is 8.83. The molecule has 0 heterocycles. The third-order valence-electron chi connectivity index (χ3n) is 4.76. The van der Waals surface area contributed by atoms with Gasteiger partial charge in [0.25, 0.3) is 10.0 Å². The first-order chi connectivity index (χ1) is 13.6. The molecule has 150 valence electrons. The monoisotopic (exact) mass is 429 g/mol. The normalized spacial score (nSPS) is 11.3. The Hall–Kier alpha value is -2.83. The van der Waals surface area contributed by atoms with Crippen LogP contribution in [0.3, 0.4) is 0 Å². The molecule has 0 radical (unpaired) electrons. The number of carboxylic acids is 1. The Morgan fingerprint density at radius 2 is 1.62 bits per heavy atom. The summed E-state index contributed by atoms with van der Waals surface area (Å²) in [5.41, 5.74) is 3.16. The second-order valence-electron chi connectivity index (χ2n) is 6.80. The van der Waals surface area contributed by atoms with Crippen LogP contribution < -0.4 is 4.72 Å². The molecule has 0 fully saturated rings. The number of anilines is 1. The largest absolute Gasteiger partial charge is 0.478 e. The number of sulfonamides is 1. The van der Waals surface area contributed by atoms with Crippen LogP contribution in [-0.4, -0.2) is 19.5 Å². The fourth-order valence-corrected chi connectivity index (χ4v) is 4.86. The number of benzene rings is 3. The van der Waals surface area contributed by atoms with E-state index in [0.717, 1.165) is 11.1 Å². The summed E-state index contributed by atoms with van der Waals surface area (Å²) in [6, 6.07) is 15.5. The van der Waals surface area contributed by atoms with Crippen molar-refractivity contribution in [3.05, 3.63) is 81.9 Å². The number of nitrogens with one attached hydrogen (secondary N) is 1. The molecule has 0 aliphatic carbocycles. The number of aryl methyl sites for hydroxylation is 2. The van der Waals surface area contributed by atoms with Crippen molar-refractivity contribution in [2.45, 2.75) is 25.7 Å². The predicted molar refractivity (Wildman–Crippen MR) is 115 cm³/mol. The van der Waals surface area contributed by atoms with Crippen LogP contribution in [0.25, 0.3) is 11.1 Å². The number of aromatic carboxylic acids is 1. The van der Waals surface area contributed by atoms with E-state index in [0.29, 0.717) is 21.7 Å². The van der Waals surface area contributed by atoms with Crippen molar-refractivity contribution in [2.75, 3.05) is 4.72 Å². The Labute approximate surface area is 175 Å². The maximum atomic E-state index is 13.1. The number of carboxylic acid groups (broad SMARTS) is 1. The topological polar surface area (TPSA) is 83.5 Å². The minimum atomic E-state index is -4.03. The van der Waals surface area contributed by atoms with Gasteiger partial charge in [0.2, 0.25) is 0 Å². The molecule has 0 atom stereocenters. The lowest BCUT2D eigenvalue weighted by molar-refractivity contribution is 0.0698. The zero-order valence-electron chi connectivity index (χ0n) is 16.2. The molecule has 29 heavy (non-hydrogen) atoms. The molecule has 3 rings (SSSR count). The van der Waals surface area contributed by atoms with Gasteiger partial charge in [0.15, 0.2) is 0 Å². The van der Waals surface area contributed by atoms with E-state index in [4.69, 9.17) is 11.6 Å². The van der Waals surface area contributed by atoms with E-state index >= 15 is 0 Å². The summed E-state index contributed by atoms with van der Waals surface area (Å²) >= 11 is 6.08. The summed E-state index contributed by atoms with van der Waals surface area (Å²) in [6.07, 6.45) is 0. The summed E-state index contributed by atoms with van der Waals surface area (Å²) < 4.78 is 28.7. The van der Waals surface area contributed by atoms with Crippen molar-refractivity contribution in [1.29, 1.82) is 0 Å². The lowest BCUT2D eigenvalue weighted by Gasteiger charge is -2.18. The third-order valence-corrected chi connectivity index (χ3v) is 6.66. The van der Waals surface area contributed by atoms with Crippen LogP contribution in [0, 0.1) is 20.8 Å². The van der Waals surface area contributed by atoms with Crippen molar-refractivity contribution in [2.24, 2.45) is 0 Å². The quantitative estimate of drug-likeness (QED) is 0.566. The highest BCUT2D eigenvalue weighted by molar-refractivity contribution is 7.92. The zero-order valence-corrected chi connectivity index (χ0v) is 17.7. The van der Waals surface area contributed by atoms with Gasteiger partial charge in [0.05, 0.1) is 16.1 Å². The van der Waals surface area contributed by atoms with Gasteiger partial charge in [-0.3, -0.25) is 4.72 Å². The number of hydrogen-bond acceptors (Lipinski definition) is 3. The minimum Gasteiger partial charge on any atom is -0.478 e. The predicted octanol–water partition coefficient (Wildman–Crippen LogP) is 5.43. The Kier molecular flexibility index (Phi) is 5.68. The lowest BCUT2D eigenvalue weighted by atomic mass is 9.96. The van der Waals surface area contributed by atoms with E-state index in [-0.39, 0.29) is 16.1 Å². The van der Waals surface area contributed by atoms with Gasteiger partial charge in [-0.25, -0.2) is 13.2 Å².